The lowest BCUT2D eigenvalue weighted by Gasteiger charge is -2.20. The number of rotatable bonds is 43. The molecule has 0 fully saturated rings. The predicted octanol–water partition coefficient (Wildman–Crippen LogP) is 12.7. The summed E-state index contributed by atoms with van der Waals surface area (Å²) in [5, 5.41) is 8.90. The molecule has 346 valence electrons. The minimum absolute atomic E-state index is 0.147. The van der Waals surface area contributed by atoms with Gasteiger partial charge in [0, 0.05) is 12.8 Å². The number of carboxylic acid groups (broad SMARTS) is 1. The molecule has 11 nitrogen and oxygen atoms in total. The molecule has 0 rings (SSSR count). The highest BCUT2D eigenvalue weighted by Gasteiger charge is 2.28. The largest absolute Gasteiger partial charge is 0.480 e. The number of esters is 2. The number of phosphoric acid groups is 1. The molecule has 1 unspecified atom stereocenters. The number of hydrogen-bond donors (Lipinski definition) is 3. The van der Waals surface area contributed by atoms with Crippen molar-refractivity contribution in [2.24, 2.45) is 5.73 Å². The van der Waals surface area contributed by atoms with Crippen LogP contribution in [-0.2, 0) is 37.5 Å². The van der Waals surface area contributed by atoms with Gasteiger partial charge in [0.2, 0.25) is 0 Å². The molecule has 0 heterocycles. The molecule has 12 heteroatoms. The standard InChI is InChI=1S/C48H84NO10P/c1-3-5-7-9-11-13-15-17-19-21-22-24-25-27-29-31-33-35-37-39-46(50)56-41-44(42-57-60(54,55)58-43-45(49)48(52)53)59-47(51)40-38-36-34-32-30-28-26-23-20-18-16-14-12-10-8-6-4-2/h11,13,17-20,22,24,27,29,44-45H,3-10,12,14-16,21,23,25-26,28,30-43,49H2,1-2H3,(H,52,53)(H,54,55)/b13-11+,19-17+,20-18+,24-22+,29-27+/t44-,45+/m1/s1. The maximum atomic E-state index is 12.7. The Morgan fingerprint density at radius 2 is 0.883 bits per heavy atom. The van der Waals surface area contributed by atoms with E-state index in [1.807, 2.05) is 0 Å². The highest BCUT2D eigenvalue weighted by atomic mass is 31.2. The molecular weight excluding hydrogens is 781 g/mol. The number of carboxylic acids is 1. The second-order valence-corrected chi connectivity index (χ2v) is 17.0. The SMILES string of the molecule is CCCCC/C=C/C/C=C/C/C=C/C/C=C/CCCCCC(=O)OC[C@H](COP(=O)(O)OC[C@H](N)C(=O)O)OC(=O)CCCCCCCCC/C=C/CCCCCCCC. The Hall–Kier alpha value is -2.82. The van der Waals surface area contributed by atoms with Crippen LogP contribution in [0.25, 0.3) is 0 Å². The van der Waals surface area contributed by atoms with Gasteiger partial charge in [-0.3, -0.25) is 23.4 Å². The lowest BCUT2D eigenvalue weighted by molar-refractivity contribution is -0.161. The number of carbonyl (C=O) groups excluding carboxylic acids is 2. The molecule has 4 N–H and O–H groups in total. The Kier molecular flexibility index (Phi) is 40.8. The molecule has 0 aliphatic carbocycles. The first-order valence-corrected chi connectivity index (χ1v) is 24.8. The monoisotopic (exact) mass is 866 g/mol. The van der Waals surface area contributed by atoms with Gasteiger partial charge in [-0.2, -0.15) is 0 Å². The summed E-state index contributed by atoms with van der Waals surface area (Å²) in [6.07, 6.45) is 49.9. The van der Waals surface area contributed by atoms with Gasteiger partial charge < -0.3 is 25.2 Å². The minimum atomic E-state index is -4.73. The van der Waals surface area contributed by atoms with Crippen LogP contribution in [0.15, 0.2) is 60.8 Å². The van der Waals surface area contributed by atoms with E-state index in [1.54, 1.807) is 0 Å². The summed E-state index contributed by atoms with van der Waals surface area (Å²) in [4.78, 5) is 46.0. The first-order valence-electron chi connectivity index (χ1n) is 23.3. The van der Waals surface area contributed by atoms with Crippen molar-refractivity contribution in [3.05, 3.63) is 60.8 Å². The quantitative estimate of drug-likeness (QED) is 0.0230. The number of ether oxygens (including phenoxy) is 2. The van der Waals surface area contributed by atoms with Gasteiger partial charge in [-0.25, -0.2) is 4.57 Å². The van der Waals surface area contributed by atoms with E-state index in [1.165, 1.54) is 83.5 Å². The van der Waals surface area contributed by atoms with Crippen molar-refractivity contribution in [2.75, 3.05) is 19.8 Å². The van der Waals surface area contributed by atoms with Gasteiger partial charge in [-0.15, -0.1) is 0 Å². The van der Waals surface area contributed by atoms with Crippen LogP contribution >= 0.6 is 7.82 Å². The van der Waals surface area contributed by atoms with Crippen molar-refractivity contribution in [2.45, 2.75) is 206 Å². The van der Waals surface area contributed by atoms with Gasteiger partial charge in [0.15, 0.2) is 6.10 Å². The molecule has 0 aromatic rings. The van der Waals surface area contributed by atoms with Gasteiger partial charge in [0.05, 0.1) is 13.2 Å². The van der Waals surface area contributed by atoms with E-state index in [0.29, 0.717) is 12.8 Å². The molecule has 0 aliphatic heterocycles. The second kappa shape index (κ2) is 42.9. The average molecular weight is 866 g/mol. The van der Waals surface area contributed by atoms with Gasteiger partial charge in [0.25, 0.3) is 0 Å². The number of hydrogen-bond acceptors (Lipinski definition) is 9. The molecule has 0 amide bonds. The maximum Gasteiger partial charge on any atom is 0.472 e. The van der Waals surface area contributed by atoms with Crippen molar-refractivity contribution in [1.82, 2.24) is 0 Å². The van der Waals surface area contributed by atoms with Gasteiger partial charge in [-0.05, 0) is 83.5 Å². The van der Waals surface area contributed by atoms with Gasteiger partial charge in [-0.1, -0.05) is 158 Å². The van der Waals surface area contributed by atoms with E-state index in [2.05, 4.69) is 79.1 Å². The van der Waals surface area contributed by atoms with Gasteiger partial charge in [0.1, 0.15) is 12.6 Å². The van der Waals surface area contributed by atoms with Crippen molar-refractivity contribution >= 4 is 25.7 Å². The number of carbonyl (C=O) groups is 3. The summed E-state index contributed by atoms with van der Waals surface area (Å²) in [5.41, 5.74) is 5.34. The summed E-state index contributed by atoms with van der Waals surface area (Å²) in [6, 6.07) is -1.53. The lowest BCUT2D eigenvalue weighted by Crippen LogP contribution is -2.34. The van der Waals surface area contributed by atoms with E-state index in [-0.39, 0.29) is 19.4 Å². The number of nitrogens with two attached hydrogens (primary N) is 1. The van der Waals surface area contributed by atoms with E-state index in [0.717, 1.165) is 70.6 Å². The molecule has 60 heavy (non-hydrogen) atoms. The second-order valence-electron chi connectivity index (χ2n) is 15.5. The number of unbranched alkanes of at least 4 members (excludes halogenated alkanes) is 19. The normalized spacial score (nSPS) is 14.2. The van der Waals surface area contributed by atoms with Crippen molar-refractivity contribution < 1.29 is 47.5 Å². The molecule has 0 aromatic heterocycles. The Balaban J connectivity index is 4.40. The molecule has 0 aromatic carbocycles. The van der Waals surface area contributed by atoms with Crippen molar-refractivity contribution in [1.29, 1.82) is 0 Å². The molecule has 0 aliphatic rings. The predicted molar refractivity (Wildman–Crippen MR) is 245 cm³/mol. The highest BCUT2D eigenvalue weighted by molar-refractivity contribution is 7.47. The topological polar surface area (TPSA) is 172 Å². The van der Waals surface area contributed by atoms with Crippen LogP contribution < -0.4 is 5.73 Å². The minimum Gasteiger partial charge on any atom is -0.480 e. The smallest absolute Gasteiger partial charge is 0.472 e. The van der Waals surface area contributed by atoms with E-state index < -0.39 is 51.1 Å². The van der Waals surface area contributed by atoms with E-state index in [4.69, 9.17) is 24.8 Å². The van der Waals surface area contributed by atoms with E-state index in [9.17, 15) is 23.8 Å². The van der Waals surface area contributed by atoms with Crippen LogP contribution in [0.2, 0.25) is 0 Å². The fourth-order valence-corrected chi connectivity index (χ4v) is 6.82. The van der Waals surface area contributed by atoms with E-state index >= 15 is 0 Å². The summed E-state index contributed by atoms with van der Waals surface area (Å²) in [6.45, 7) is 2.74. The van der Waals surface area contributed by atoms with Crippen molar-refractivity contribution in [3.8, 4) is 0 Å². The number of allylic oxidation sites excluding steroid dienone is 10. The first kappa shape index (κ1) is 57.2. The van der Waals surface area contributed by atoms with Gasteiger partial charge >= 0.3 is 25.7 Å². The van der Waals surface area contributed by atoms with Crippen LogP contribution in [0.1, 0.15) is 194 Å². The van der Waals surface area contributed by atoms with Crippen LogP contribution in [0, 0.1) is 0 Å². The third-order valence-electron chi connectivity index (χ3n) is 9.74. The molecule has 0 spiro atoms. The molecular formula is C48H84NO10P. The third-order valence-corrected chi connectivity index (χ3v) is 10.7. The van der Waals surface area contributed by atoms with Crippen LogP contribution in [0.3, 0.4) is 0 Å². The number of phosphoric ester groups is 1. The molecule has 0 bridgehead atoms. The summed E-state index contributed by atoms with van der Waals surface area (Å²) < 4.78 is 32.7. The zero-order valence-corrected chi connectivity index (χ0v) is 38.4. The lowest BCUT2D eigenvalue weighted by atomic mass is 10.1. The molecule has 0 radical (unpaired) electrons. The van der Waals surface area contributed by atoms with Crippen LogP contribution in [-0.4, -0.2) is 59.9 Å². The zero-order chi connectivity index (χ0) is 44.2. The first-order chi connectivity index (χ1) is 29.1. The molecule has 0 saturated heterocycles. The van der Waals surface area contributed by atoms with Crippen LogP contribution in [0.4, 0.5) is 0 Å². The zero-order valence-electron chi connectivity index (χ0n) is 37.5. The fraction of sp³-hybridized carbons (Fsp3) is 0.729. The summed E-state index contributed by atoms with van der Waals surface area (Å²) in [5.74, 6) is -2.43. The Bertz CT molecular complexity index is 1250. The van der Waals surface area contributed by atoms with Crippen LogP contribution in [0.5, 0.6) is 0 Å². The molecule has 3 atom stereocenters. The molecule has 0 saturated carbocycles. The Labute approximate surface area is 364 Å². The Morgan fingerprint density at radius 1 is 0.517 bits per heavy atom. The third kappa shape index (κ3) is 41.9. The number of aliphatic carboxylic acids is 1. The fourth-order valence-electron chi connectivity index (χ4n) is 6.04. The summed E-state index contributed by atoms with van der Waals surface area (Å²) in [7, 11) is -4.73. The Morgan fingerprint density at radius 3 is 1.38 bits per heavy atom. The summed E-state index contributed by atoms with van der Waals surface area (Å²) >= 11 is 0. The highest BCUT2D eigenvalue weighted by Crippen LogP contribution is 2.43. The average Bonchev–Trinajstić information content (AvgIpc) is 3.22. The maximum absolute atomic E-state index is 12.7. The van der Waals surface area contributed by atoms with Crippen molar-refractivity contribution in [3.63, 3.8) is 0 Å².